The van der Waals surface area contributed by atoms with Gasteiger partial charge in [-0.1, -0.05) is 24.2 Å². The number of carboxylic acids is 1. The summed E-state index contributed by atoms with van der Waals surface area (Å²) in [6.45, 7) is 6.23. The number of pyridine rings is 1. The third kappa shape index (κ3) is 5.12. The molecule has 0 aliphatic heterocycles. The van der Waals surface area contributed by atoms with Crippen molar-refractivity contribution in [2.24, 2.45) is 13.0 Å². The van der Waals surface area contributed by atoms with Gasteiger partial charge in [0.2, 0.25) is 5.89 Å². The highest BCUT2D eigenvalue weighted by molar-refractivity contribution is 5.70. The fourth-order valence-electron chi connectivity index (χ4n) is 3.93. The predicted octanol–water partition coefficient (Wildman–Crippen LogP) is 3.33. The lowest BCUT2D eigenvalue weighted by Crippen LogP contribution is -2.29. The van der Waals surface area contributed by atoms with Crippen LogP contribution in [0.25, 0.3) is 11.4 Å². The molecule has 3 aromatic heterocycles. The van der Waals surface area contributed by atoms with E-state index in [2.05, 4.69) is 30.8 Å². The fourth-order valence-corrected chi connectivity index (χ4v) is 3.93. The first-order valence-electron chi connectivity index (χ1n) is 11.1. The van der Waals surface area contributed by atoms with Crippen molar-refractivity contribution in [2.75, 3.05) is 5.32 Å². The van der Waals surface area contributed by atoms with Crippen LogP contribution in [0.2, 0.25) is 0 Å². The van der Waals surface area contributed by atoms with Crippen LogP contribution >= 0.6 is 0 Å². The molecule has 0 amide bonds. The first-order valence-corrected chi connectivity index (χ1v) is 11.1. The van der Waals surface area contributed by atoms with Crippen LogP contribution < -0.4 is 10.1 Å². The Morgan fingerprint density at radius 3 is 2.82 bits per heavy atom. The fraction of sp³-hybridized carbons (Fsp3) is 0.545. The number of aliphatic carboxylic acids is 1. The minimum absolute atomic E-state index is 0.118. The number of aryl methyl sites for hydroxylation is 2. The van der Waals surface area contributed by atoms with Crippen molar-refractivity contribution in [1.82, 2.24) is 30.2 Å². The SMILES string of the molecule is Cc1nc(-c2nnn(C)c2CNc2nnc(C(C)C)o2)ccc1O[C@H]1CCC[C@H](C(=O)O)C1. The number of hydrogen-bond donors (Lipinski definition) is 2. The van der Waals surface area contributed by atoms with Crippen LogP contribution in [0.3, 0.4) is 0 Å². The monoisotopic (exact) mass is 455 g/mol. The van der Waals surface area contributed by atoms with Crippen LogP contribution in [-0.2, 0) is 18.4 Å². The van der Waals surface area contributed by atoms with Crippen molar-refractivity contribution in [3.8, 4) is 17.1 Å². The number of rotatable bonds is 8. The Balaban J connectivity index is 1.47. The van der Waals surface area contributed by atoms with Crippen molar-refractivity contribution in [1.29, 1.82) is 0 Å². The second-order valence-corrected chi connectivity index (χ2v) is 8.68. The molecule has 3 aromatic rings. The minimum Gasteiger partial charge on any atom is -0.489 e. The Kier molecular flexibility index (Phi) is 6.57. The van der Waals surface area contributed by atoms with E-state index in [1.807, 2.05) is 40.0 Å². The average Bonchev–Trinajstić information content (AvgIpc) is 3.41. The summed E-state index contributed by atoms with van der Waals surface area (Å²) in [6, 6.07) is 4.04. The zero-order valence-electron chi connectivity index (χ0n) is 19.3. The maximum absolute atomic E-state index is 11.3. The molecule has 0 radical (unpaired) electrons. The maximum atomic E-state index is 11.3. The molecule has 11 heteroatoms. The highest BCUT2D eigenvalue weighted by atomic mass is 16.5. The van der Waals surface area contributed by atoms with Gasteiger partial charge in [-0.2, -0.15) is 0 Å². The molecule has 11 nitrogen and oxygen atoms in total. The van der Waals surface area contributed by atoms with E-state index in [-0.39, 0.29) is 17.9 Å². The van der Waals surface area contributed by atoms with Gasteiger partial charge in [0.25, 0.3) is 0 Å². The number of aromatic nitrogens is 6. The molecule has 0 unspecified atom stereocenters. The number of nitrogens with zero attached hydrogens (tertiary/aromatic N) is 6. The molecule has 2 atom stereocenters. The van der Waals surface area contributed by atoms with Gasteiger partial charge < -0.3 is 19.6 Å². The number of hydrogen-bond acceptors (Lipinski definition) is 9. The molecule has 0 spiro atoms. The number of anilines is 1. The smallest absolute Gasteiger partial charge is 0.315 e. The first kappa shape index (κ1) is 22.7. The zero-order valence-corrected chi connectivity index (χ0v) is 19.3. The van der Waals surface area contributed by atoms with Crippen molar-refractivity contribution >= 4 is 12.0 Å². The lowest BCUT2D eigenvalue weighted by atomic mass is 9.87. The normalized spacial score (nSPS) is 18.5. The van der Waals surface area contributed by atoms with E-state index in [1.165, 1.54) is 0 Å². The van der Waals surface area contributed by atoms with Gasteiger partial charge in [-0.25, -0.2) is 9.67 Å². The van der Waals surface area contributed by atoms with Crippen LogP contribution in [0, 0.1) is 12.8 Å². The topological polar surface area (TPSA) is 141 Å². The van der Waals surface area contributed by atoms with Crippen LogP contribution in [-0.4, -0.2) is 47.4 Å². The van der Waals surface area contributed by atoms with Crippen LogP contribution in [0.1, 0.15) is 62.7 Å². The summed E-state index contributed by atoms with van der Waals surface area (Å²) < 4.78 is 13.4. The van der Waals surface area contributed by atoms with Crippen LogP contribution in [0.15, 0.2) is 16.5 Å². The summed E-state index contributed by atoms with van der Waals surface area (Å²) in [7, 11) is 1.81. The molecule has 0 bridgehead atoms. The van der Waals surface area contributed by atoms with E-state index in [1.54, 1.807) is 4.68 Å². The van der Waals surface area contributed by atoms with E-state index >= 15 is 0 Å². The Morgan fingerprint density at radius 1 is 1.30 bits per heavy atom. The molecule has 33 heavy (non-hydrogen) atoms. The van der Waals surface area contributed by atoms with Gasteiger partial charge in [0.05, 0.1) is 35.6 Å². The van der Waals surface area contributed by atoms with Crippen LogP contribution in [0.4, 0.5) is 6.01 Å². The molecular formula is C22H29N7O4. The van der Waals surface area contributed by atoms with Crippen molar-refractivity contribution in [2.45, 2.75) is 65.0 Å². The van der Waals surface area contributed by atoms with Gasteiger partial charge in [-0.3, -0.25) is 4.79 Å². The molecule has 0 aromatic carbocycles. The van der Waals surface area contributed by atoms with E-state index in [0.717, 1.165) is 18.5 Å². The molecule has 176 valence electrons. The summed E-state index contributed by atoms with van der Waals surface area (Å²) in [5.41, 5.74) is 2.85. The van der Waals surface area contributed by atoms with Gasteiger partial charge in [0.1, 0.15) is 11.4 Å². The average molecular weight is 456 g/mol. The summed E-state index contributed by atoms with van der Waals surface area (Å²) in [4.78, 5) is 16.0. The molecule has 3 heterocycles. The number of ether oxygens (including phenoxy) is 1. The third-order valence-electron chi connectivity index (χ3n) is 5.83. The molecular weight excluding hydrogens is 426 g/mol. The highest BCUT2D eigenvalue weighted by Gasteiger charge is 2.28. The van der Waals surface area contributed by atoms with Gasteiger partial charge in [-0.05, 0) is 44.7 Å². The number of carbonyl (C=O) groups is 1. The lowest BCUT2D eigenvalue weighted by molar-refractivity contribution is -0.143. The first-order chi connectivity index (χ1) is 15.8. The summed E-state index contributed by atoms with van der Waals surface area (Å²) >= 11 is 0. The van der Waals surface area contributed by atoms with Crippen molar-refractivity contribution in [3.05, 3.63) is 29.4 Å². The zero-order chi connectivity index (χ0) is 23.5. The van der Waals surface area contributed by atoms with Gasteiger partial charge in [0.15, 0.2) is 0 Å². The molecule has 1 saturated carbocycles. The Labute approximate surface area is 191 Å². The van der Waals surface area contributed by atoms with Crippen LogP contribution in [0.5, 0.6) is 5.75 Å². The largest absolute Gasteiger partial charge is 0.489 e. The second kappa shape index (κ2) is 9.55. The summed E-state index contributed by atoms with van der Waals surface area (Å²) in [5.74, 6) is 0.282. The number of carboxylic acid groups (broad SMARTS) is 1. The Hall–Kier alpha value is -3.50. The molecule has 0 saturated heterocycles. The molecule has 1 aliphatic carbocycles. The maximum Gasteiger partial charge on any atom is 0.315 e. The second-order valence-electron chi connectivity index (χ2n) is 8.68. The van der Waals surface area contributed by atoms with E-state index in [0.29, 0.717) is 54.1 Å². The summed E-state index contributed by atoms with van der Waals surface area (Å²) in [5, 5.41) is 28.9. The summed E-state index contributed by atoms with van der Waals surface area (Å²) in [6.07, 6.45) is 2.80. The van der Waals surface area contributed by atoms with Gasteiger partial charge in [-0.15, -0.1) is 10.2 Å². The molecule has 2 N–H and O–H groups in total. The van der Waals surface area contributed by atoms with E-state index in [4.69, 9.17) is 9.15 Å². The highest BCUT2D eigenvalue weighted by Crippen LogP contribution is 2.30. The molecule has 1 aliphatic rings. The molecule has 4 rings (SSSR count). The van der Waals surface area contributed by atoms with Gasteiger partial charge in [0, 0.05) is 13.0 Å². The van der Waals surface area contributed by atoms with E-state index < -0.39 is 5.97 Å². The van der Waals surface area contributed by atoms with Crippen molar-refractivity contribution < 1.29 is 19.1 Å². The standard InChI is InChI=1S/C22H29N7O4/c1-12(2)20-26-27-22(33-20)23-11-17-19(25-28-29(17)4)16-8-9-18(13(3)24-16)32-15-7-5-6-14(10-15)21(30)31/h8-9,12,14-15H,5-7,10-11H2,1-4H3,(H,23,27)(H,30,31)/t14-,15-/m0/s1. The third-order valence-corrected chi connectivity index (χ3v) is 5.83. The van der Waals surface area contributed by atoms with Gasteiger partial charge >= 0.3 is 12.0 Å². The number of nitrogens with one attached hydrogen (secondary N) is 1. The Bertz CT molecular complexity index is 1120. The quantitative estimate of drug-likeness (QED) is 0.519. The molecule has 1 fully saturated rings. The minimum atomic E-state index is -0.752. The van der Waals surface area contributed by atoms with Crippen molar-refractivity contribution in [3.63, 3.8) is 0 Å². The van der Waals surface area contributed by atoms with E-state index in [9.17, 15) is 9.90 Å². The Morgan fingerprint density at radius 2 is 2.12 bits per heavy atom. The predicted molar refractivity (Wildman–Crippen MR) is 119 cm³/mol. The lowest BCUT2D eigenvalue weighted by Gasteiger charge is -2.27.